The highest BCUT2D eigenvalue weighted by molar-refractivity contribution is 6.34. The molecular formula is C18H12ClNO2. The Bertz CT molecular complexity index is 792. The van der Waals surface area contributed by atoms with Crippen LogP contribution in [0.2, 0.25) is 5.02 Å². The van der Waals surface area contributed by atoms with Gasteiger partial charge in [0.05, 0.1) is 10.6 Å². The van der Waals surface area contributed by atoms with Crippen molar-refractivity contribution >= 4 is 29.5 Å². The third-order valence-electron chi connectivity index (χ3n) is 3.07. The second-order valence-electron chi connectivity index (χ2n) is 4.61. The first-order chi connectivity index (χ1) is 10.7. The minimum absolute atomic E-state index is 0.231. The van der Waals surface area contributed by atoms with Gasteiger partial charge < -0.3 is 4.74 Å². The van der Waals surface area contributed by atoms with Crippen molar-refractivity contribution in [3.8, 4) is 0 Å². The molecule has 4 heteroatoms. The molecule has 2 aromatic rings. The predicted molar refractivity (Wildman–Crippen MR) is 87.6 cm³/mol. The normalized spacial score (nSPS) is 16.1. The molecule has 0 saturated heterocycles. The first-order valence-corrected chi connectivity index (χ1v) is 7.11. The Labute approximate surface area is 133 Å². The topological polar surface area (TPSA) is 38.7 Å². The number of allylic oxidation sites excluding steroid dienone is 2. The molecule has 0 atom stereocenters. The largest absolute Gasteiger partial charge is 0.402 e. The summed E-state index contributed by atoms with van der Waals surface area (Å²) in [4.78, 5) is 16.0. The third-order valence-corrected chi connectivity index (χ3v) is 3.40. The second kappa shape index (κ2) is 6.41. The summed E-state index contributed by atoms with van der Waals surface area (Å²) >= 11 is 6.08. The maximum absolute atomic E-state index is 11.8. The molecule has 0 saturated carbocycles. The molecule has 22 heavy (non-hydrogen) atoms. The van der Waals surface area contributed by atoms with Gasteiger partial charge in [0.25, 0.3) is 0 Å². The van der Waals surface area contributed by atoms with Crippen molar-refractivity contribution in [2.24, 2.45) is 4.99 Å². The van der Waals surface area contributed by atoms with Crippen molar-refractivity contribution in [1.29, 1.82) is 0 Å². The quantitative estimate of drug-likeness (QED) is 0.628. The van der Waals surface area contributed by atoms with E-state index in [1.54, 1.807) is 24.3 Å². The van der Waals surface area contributed by atoms with Crippen LogP contribution in [0.4, 0.5) is 0 Å². The van der Waals surface area contributed by atoms with Crippen LogP contribution in [0.3, 0.4) is 0 Å². The van der Waals surface area contributed by atoms with Crippen molar-refractivity contribution in [2.45, 2.75) is 0 Å². The Morgan fingerprint density at radius 2 is 1.73 bits per heavy atom. The van der Waals surface area contributed by atoms with Crippen LogP contribution >= 0.6 is 11.6 Å². The van der Waals surface area contributed by atoms with Gasteiger partial charge >= 0.3 is 5.97 Å². The summed E-state index contributed by atoms with van der Waals surface area (Å²) in [5.74, 6) is -0.248. The summed E-state index contributed by atoms with van der Waals surface area (Å²) in [6.07, 6.45) is 5.29. The van der Waals surface area contributed by atoms with E-state index in [-0.39, 0.29) is 11.6 Å². The molecule has 0 radical (unpaired) electrons. The molecule has 3 rings (SSSR count). The molecule has 0 aliphatic carbocycles. The number of ether oxygens (including phenoxy) is 1. The molecule has 0 spiro atoms. The molecule has 108 valence electrons. The molecule has 0 fully saturated rings. The molecule has 0 bridgehead atoms. The Hall–Kier alpha value is -2.65. The molecule has 0 unspecified atom stereocenters. The summed E-state index contributed by atoms with van der Waals surface area (Å²) in [6, 6.07) is 16.9. The number of rotatable bonds is 3. The first kappa shape index (κ1) is 14.3. The summed E-state index contributed by atoms with van der Waals surface area (Å²) in [5, 5.41) is 0.495. The van der Waals surface area contributed by atoms with Crippen LogP contribution in [-0.2, 0) is 9.53 Å². The lowest BCUT2D eigenvalue weighted by Gasteiger charge is -2.00. The number of esters is 1. The lowest BCUT2D eigenvalue weighted by molar-refractivity contribution is -0.130. The van der Waals surface area contributed by atoms with Gasteiger partial charge in [0.2, 0.25) is 5.90 Å². The van der Waals surface area contributed by atoms with E-state index >= 15 is 0 Å². The van der Waals surface area contributed by atoms with Gasteiger partial charge in [-0.3, -0.25) is 0 Å². The fourth-order valence-electron chi connectivity index (χ4n) is 1.99. The fraction of sp³-hybridized carbons (Fsp3) is 0. The molecule has 0 aromatic heterocycles. The summed E-state index contributed by atoms with van der Waals surface area (Å²) in [6.45, 7) is 0. The van der Waals surface area contributed by atoms with Crippen molar-refractivity contribution < 1.29 is 9.53 Å². The standard InChI is InChI=1S/C18H12ClNO2/c19-15-11-5-4-10-14(15)17-20-16(18(21)22-17)12-6-9-13-7-2-1-3-8-13/h1-12H/b9-6+,16-12-. The first-order valence-electron chi connectivity index (χ1n) is 6.73. The lowest BCUT2D eigenvalue weighted by atomic mass is 10.2. The van der Waals surface area contributed by atoms with Crippen LogP contribution in [0.1, 0.15) is 11.1 Å². The van der Waals surface area contributed by atoms with Crippen LogP contribution in [0.5, 0.6) is 0 Å². The Balaban J connectivity index is 1.83. The molecule has 0 amide bonds. The highest BCUT2D eigenvalue weighted by Crippen LogP contribution is 2.22. The van der Waals surface area contributed by atoms with Crippen molar-refractivity contribution in [2.75, 3.05) is 0 Å². The van der Waals surface area contributed by atoms with Crippen LogP contribution in [0, 0.1) is 0 Å². The molecule has 3 nitrogen and oxygen atoms in total. The van der Waals surface area contributed by atoms with Gasteiger partial charge in [-0.15, -0.1) is 0 Å². The second-order valence-corrected chi connectivity index (χ2v) is 5.02. The van der Waals surface area contributed by atoms with E-state index in [9.17, 15) is 4.79 Å². The van der Waals surface area contributed by atoms with E-state index < -0.39 is 5.97 Å². The third kappa shape index (κ3) is 3.15. The van der Waals surface area contributed by atoms with Gasteiger partial charge in [-0.1, -0.05) is 66.2 Å². The van der Waals surface area contributed by atoms with Crippen molar-refractivity contribution in [3.05, 3.63) is 88.6 Å². The van der Waals surface area contributed by atoms with Gasteiger partial charge in [-0.05, 0) is 23.8 Å². The highest BCUT2D eigenvalue weighted by atomic mass is 35.5. The predicted octanol–water partition coefficient (Wildman–Crippen LogP) is 4.24. The molecule has 0 N–H and O–H groups in total. The number of hydrogen-bond acceptors (Lipinski definition) is 3. The van der Waals surface area contributed by atoms with Gasteiger partial charge in [0, 0.05) is 0 Å². The molecule has 1 aliphatic heterocycles. The SMILES string of the molecule is O=C1OC(c2ccccc2Cl)=N/C1=C\C=C\c1ccccc1. The van der Waals surface area contributed by atoms with E-state index in [2.05, 4.69) is 4.99 Å². The van der Waals surface area contributed by atoms with Gasteiger partial charge in [-0.2, -0.15) is 0 Å². The minimum Gasteiger partial charge on any atom is -0.402 e. The maximum Gasteiger partial charge on any atom is 0.363 e. The van der Waals surface area contributed by atoms with Crippen LogP contribution in [-0.4, -0.2) is 11.9 Å². The van der Waals surface area contributed by atoms with E-state index in [1.165, 1.54) is 0 Å². The Morgan fingerprint density at radius 1 is 1.00 bits per heavy atom. The number of carbonyl (C=O) groups is 1. The molecule has 2 aromatic carbocycles. The molecule has 1 aliphatic rings. The average Bonchev–Trinajstić information content (AvgIpc) is 2.90. The minimum atomic E-state index is -0.479. The molecular weight excluding hydrogens is 298 g/mol. The van der Waals surface area contributed by atoms with E-state index in [0.717, 1.165) is 5.56 Å². The fourth-order valence-corrected chi connectivity index (χ4v) is 2.20. The molecule has 1 heterocycles. The number of benzene rings is 2. The van der Waals surface area contributed by atoms with Gasteiger partial charge in [0.15, 0.2) is 5.70 Å². The van der Waals surface area contributed by atoms with E-state index in [4.69, 9.17) is 16.3 Å². The summed E-state index contributed by atoms with van der Waals surface area (Å²) in [5.41, 5.74) is 1.90. The monoisotopic (exact) mass is 309 g/mol. The van der Waals surface area contributed by atoms with E-state index in [0.29, 0.717) is 10.6 Å². The van der Waals surface area contributed by atoms with Crippen molar-refractivity contribution in [1.82, 2.24) is 0 Å². The zero-order chi connectivity index (χ0) is 15.4. The number of halogens is 1. The van der Waals surface area contributed by atoms with Crippen LogP contribution in [0.15, 0.2) is 77.4 Å². The zero-order valence-corrected chi connectivity index (χ0v) is 12.3. The number of hydrogen-bond donors (Lipinski definition) is 0. The Morgan fingerprint density at radius 3 is 2.50 bits per heavy atom. The van der Waals surface area contributed by atoms with Crippen molar-refractivity contribution in [3.63, 3.8) is 0 Å². The van der Waals surface area contributed by atoms with Gasteiger partial charge in [0.1, 0.15) is 0 Å². The smallest absolute Gasteiger partial charge is 0.363 e. The number of cyclic esters (lactones) is 1. The number of aliphatic imine (C=N–C) groups is 1. The zero-order valence-electron chi connectivity index (χ0n) is 11.6. The summed E-state index contributed by atoms with van der Waals surface area (Å²) < 4.78 is 5.17. The van der Waals surface area contributed by atoms with Crippen LogP contribution in [0.25, 0.3) is 6.08 Å². The average molecular weight is 310 g/mol. The maximum atomic E-state index is 11.8. The van der Waals surface area contributed by atoms with Crippen LogP contribution < -0.4 is 0 Å². The van der Waals surface area contributed by atoms with Gasteiger partial charge in [-0.25, -0.2) is 9.79 Å². The van der Waals surface area contributed by atoms with E-state index in [1.807, 2.05) is 48.5 Å². The number of carbonyl (C=O) groups excluding carboxylic acids is 1. The lowest BCUT2D eigenvalue weighted by Crippen LogP contribution is -2.05. The Kier molecular flexibility index (Phi) is 4.17. The summed E-state index contributed by atoms with van der Waals surface area (Å²) in [7, 11) is 0. The highest BCUT2D eigenvalue weighted by Gasteiger charge is 2.24. The number of nitrogens with zero attached hydrogens (tertiary/aromatic N) is 1.